The summed E-state index contributed by atoms with van der Waals surface area (Å²) in [4.78, 5) is 63.9. The number of imidazole rings is 2. The molecule has 5 atom stereocenters. The molecule has 0 saturated heterocycles. The second kappa shape index (κ2) is 13.3. The first kappa shape index (κ1) is 28.5. The van der Waals surface area contributed by atoms with Crippen molar-refractivity contribution in [3.8, 4) is 0 Å². The Hall–Kier alpha value is -3.78. The highest BCUT2D eigenvalue weighted by Gasteiger charge is 2.32. The van der Waals surface area contributed by atoms with Gasteiger partial charge < -0.3 is 41.9 Å². The smallest absolute Gasteiger partial charge is 0.326 e. The fourth-order valence-corrected chi connectivity index (χ4v) is 3.38. The van der Waals surface area contributed by atoms with Gasteiger partial charge in [-0.3, -0.25) is 14.4 Å². The van der Waals surface area contributed by atoms with Crippen LogP contribution in [0.15, 0.2) is 25.0 Å². The highest BCUT2D eigenvalue weighted by molar-refractivity contribution is 5.94. The van der Waals surface area contributed by atoms with Crippen LogP contribution in [0.3, 0.4) is 0 Å². The number of hydrogen-bond donors (Lipinski definition) is 8. The number of carbonyl (C=O) groups excluding carboxylic acids is 3. The van der Waals surface area contributed by atoms with Gasteiger partial charge in [-0.1, -0.05) is 13.8 Å². The number of H-pyrrole nitrogens is 2. The Morgan fingerprint density at radius 2 is 1.31 bits per heavy atom. The van der Waals surface area contributed by atoms with Crippen molar-refractivity contribution in [2.75, 3.05) is 0 Å². The summed E-state index contributed by atoms with van der Waals surface area (Å²) in [5.41, 5.74) is 6.75. The van der Waals surface area contributed by atoms with Crippen LogP contribution in [0.1, 0.15) is 38.6 Å². The number of nitrogens with one attached hydrogen (secondary N) is 5. The number of carboxylic acid groups (broad SMARTS) is 1. The average molecular weight is 507 g/mol. The van der Waals surface area contributed by atoms with Crippen molar-refractivity contribution >= 4 is 23.7 Å². The maximum absolute atomic E-state index is 13.3. The van der Waals surface area contributed by atoms with E-state index < -0.39 is 54.0 Å². The van der Waals surface area contributed by atoms with E-state index in [0.29, 0.717) is 11.4 Å². The minimum atomic E-state index is -1.28. The van der Waals surface area contributed by atoms with Crippen molar-refractivity contribution in [1.82, 2.24) is 35.9 Å². The number of carboxylic acids is 1. The summed E-state index contributed by atoms with van der Waals surface area (Å²) in [6.07, 6.45) is 4.78. The first-order valence-electron chi connectivity index (χ1n) is 11.5. The molecule has 14 heteroatoms. The third-order valence-corrected chi connectivity index (χ3v) is 5.37. The summed E-state index contributed by atoms with van der Waals surface area (Å²) in [5, 5.41) is 26.7. The van der Waals surface area contributed by atoms with Crippen molar-refractivity contribution in [3.05, 3.63) is 36.4 Å². The summed E-state index contributed by atoms with van der Waals surface area (Å²) in [6, 6.07) is -4.79. The topological polar surface area (TPSA) is 228 Å². The highest BCUT2D eigenvalue weighted by Crippen LogP contribution is 2.08. The quantitative estimate of drug-likeness (QED) is 0.144. The first-order chi connectivity index (χ1) is 17.0. The van der Waals surface area contributed by atoms with E-state index in [0.717, 1.165) is 0 Å². The molecule has 0 aliphatic heterocycles. The molecule has 0 aliphatic rings. The molecule has 0 fully saturated rings. The number of aliphatic hydroxyl groups is 1. The standard InChI is InChI=1S/C22H34N8O6/c1-11(2)4-17(22(35)36)30-20(33)15(5-13-7-24-9-26-13)28-19(32)16(6-14-8-25-10-27-14)29-21(34)18(23)12(3)31/h7-12,15-18,31H,4-6,23H2,1-3H3,(H,24,26)(H,25,27)(H,28,32)(H,29,34)(H,30,33)(H,35,36). The lowest BCUT2D eigenvalue weighted by atomic mass is 10.0. The largest absolute Gasteiger partial charge is 0.480 e. The number of nitrogens with two attached hydrogens (primary N) is 1. The number of aliphatic hydroxyl groups excluding tert-OH is 1. The molecular weight excluding hydrogens is 472 g/mol. The predicted molar refractivity (Wildman–Crippen MR) is 127 cm³/mol. The minimum absolute atomic E-state index is 0.000767. The molecule has 0 aliphatic carbocycles. The summed E-state index contributed by atoms with van der Waals surface area (Å²) in [7, 11) is 0. The number of nitrogens with zero attached hydrogens (tertiary/aromatic N) is 2. The van der Waals surface area contributed by atoms with Crippen LogP contribution in [-0.4, -0.2) is 84.1 Å². The summed E-state index contributed by atoms with van der Waals surface area (Å²) >= 11 is 0. The van der Waals surface area contributed by atoms with Crippen molar-refractivity contribution in [2.45, 2.75) is 70.3 Å². The SMILES string of the molecule is CC(C)CC(NC(=O)C(Cc1cnc[nH]1)NC(=O)C(Cc1cnc[nH]1)NC(=O)C(N)C(C)O)C(=O)O. The third-order valence-electron chi connectivity index (χ3n) is 5.37. The van der Waals surface area contributed by atoms with E-state index in [4.69, 9.17) is 5.73 Å². The number of amides is 3. The monoisotopic (exact) mass is 506 g/mol. The zero-order valence-corrected chi connectivity index (χ0v) is 20.4. The Balaban J connectivity index is 2.24. The average Bonchev–Trinajstić information content (AvgIpc) is 3.50. The van der Waals surface area contributed by atoms with E-state index in [9.17, 15) is 29.4 Å². The molecule has 0 saturated carbocycles. The lowest BCUT2D eigenvalue weighted by Crippen LogP contribution is -2.59. The molecular formula is C22H34N8O6. The number of rotatable bonds is 14. The number of aromatic amines is 2. The molecule has 0 spiro atoms. The van der Waals surface area contributed by atoms with Gasteiger partial charge in [0.15, 0.2) is 0 Å². The van der Waals surface area contributed by atoms with Gasteiger partial charge in [0.05, 0.1) is 18.8 Å². The van der Waals surface area contributed by atoms with Gasteiger partial charge in [0.25, 0.3) is 0 Å². The molecule has 0 aromatic carbocycles. The molecule has 0 bridgehead atoms. The lowest BCUT2D eigenvalue weighted by molar-refractivity contribution is -0.142. The Kier molecular flexibility index (Phi) is 10.5. The maximum atomic E-state index is 13.3. The normalized spacial score (nSPS) is 15.4. The Bertz CT molecular complexity index is 992. The molecule has 198 valence electrons. The fraction of sp³-hybridized carbons (Fsp3) is 0.545. The van der Waals surface area contributed by atoms with Crippen molar-refractivity contribution in [2.24, 2.45) is 11.7 Å². The van der Waals surface area contributed by atoms with Gasteiger partial charge in [-0.15, -0.1) is 0 Å². The van der Waals surface area contributed by atoms with E-state index in [2.05, 4.69) is 35.9 Å². The molecule has 9 N–H and O–H groups in total. The summed E-state index contributed by atoms with van der Waals surface area (Å²) < 4.78 is 0. The van der Waals surface area contributed by atoms with Crippen molar-refractivity contribution in [1.29, 1.82) is 0 Å². The van der Waals surface area contributed by atoms with E-state index in [1.165, 1.54) is 32.0 Å². The van der Waals surface area contributed by atoms with Crippen LogP contribution in [0.5, 0.6) is 0 Å². The van der Waals surface area contributed by atoms with Crippen LogP contribution in [0.4, 0.5) is 0 Å². The zero-order valence-electron chi connectivity index (χ0n) is 20.4. The fourth-order valence-electron chi connectivity index (χ4n) is 3.38. The molecule has 2 rings (SSSR count). The number of carbonyl (C=O) groups is 4. The minimum Gasteiger partial charge on any atom is -0.480 e. The molecule has 2 aromatic heterocycles. The molecule has 5 unspecified atom stereocenters. The van der Waals surface area contributed by atoms with Crippen molar-refractivity contribution in [3.63, 3.8) is 0 Å². The lowest BCUT2D eigenvalue weighted by Gasteiger charge is -2.25. The van der Waals surface area contributed by atoms with Gasteiger partial charge in [-0.05, 0) is 19.3 Å². The molecule has 14 nitrogen and oxygen atoms in total. The number of aliphatic carboxylic acids is 1. The Morgan fingerprint density at radius 3 is 1.67 bits per heavy atom. The number of hydrogen-bond acceptors (Lipinski definition) is 8. The van der Waals surface area contributed by atoms with Gasteiger partial charge in [0, 0.05) is 36.6 Å². The van der Waals surface area contributed by atoms with Crippen LogP contribution >= 0.6 is 0 Å². The van der Waals surface area contributed by atoms with Gasteiger partial charge >= 0.3 is 5.97 Å². The van der Waals surface area contributed by atoms with E-state index in [1.807, 2.05) is 13.8 Å². The molecule has 3 amide bonds. The first-order valence-corrected chi connectivity index (χ1v) is 11.5. The summed E-state index contributed by atoms with van der Waals surface area (Å²) in [6.45, 7) is 4.99. The van der Waals surface area contributed by atoms with Gasteiger partial charge in [-0.2, -0.15) is 0 Å². The van der Waals surface area contributed by atoms with Crippen LogP contribution < -0.4 is 21.7 Å². The Morgan fingerprint density at radius 1 is 0.861 bits per heavy atom. The molecule has 36 heavy (non-hydrogen) atoms. The third kappa shape index (κ3) is 8.78. The van der Waals surface area contributed by atoms with Crippen LogP contribution in [0.25, 0.3) is 0 Å². The maximum Gasteiger partial charge on any atom is 0.326 e. The molecule has 2 heterocycles. The van der Waals surface area contributed by atoms with Crippen LogP contribution in [-0.2, 0) is 32.0 Å². The second-order valence-electron chi connectivity index (χ2n) is 8.98. The summed E-state index contributed by atoms with van der Waals surface area (Å²) in [5.74, 6) is -3.38. The van der Waals surface area contributed by atoms with E-state index in [-0.39, 0.29) is 25.2 Å². The van der Waals surface area contributed by atoms with E-state index >= 15 is 0 Å². The second-order valence-corrected chi connectivity index (χ2v) is 8.98. The highest BCUT2D eigenvalue weighted by atomic mass is 16.4. The van der Waals surface area contributed by atoms with Gasteiger partial charge in [-0.25, -0.2) is 14.8 Å². The van der Waals surface area contributed by atoms with Gasteiger partial charge in [0.1, 0.15) is 24.2 Å². The Labute approximate surface area is 207 Å². The predicted octanol–water partition coefficient (Wildman–Crippen LogP) is -1.79. The van der Waals surface area contributed by atoms with Crippen molar-refractivity contribution < 1.29 is 29.4 Å². The zero-order chi connectivity index (χ0) is 26.8. The van der Waals surface area contributed by atoms with E-state index in [1.54, 1.807) is 0 Å². The van der Waals surface area contributed by atoms with Crippen LogP contribution in [0, 0.1) is 5.92 Å². The molecule has 2 aromatic rings. The molecule has 0 radical (unpaired) electrons. The number of aromatic nitrogens is 4. The van der Waals surface area contributed by atoms with Gasteiger partial charge in [0.2, 0.25) is 17.7 Å². The van der Waals surface area contributed by atoms with Crippen LogP contribution in [0.2, 0.25) is 0 Å².